The number of imidazole rings is 1. The van der Waals surface area contributed by atoms with Crippen molar-refractivity contribution in [3.8, 4) is 11.4 Å². The van der Waals surface area contributed by atoms with Crippen molar-refractivity contribution in [2.75, 3.05) is 6.61 Å². The molecule has 1 aromatic heterocycles. The number of hydrogen-bond donors (Lipinski definition) is 2. The number of halogens is 1. The zero-order chi connectivity index (χ0) is 26.9. The lowest BCUT2D eigenvalue weighted by molar-refractivity contribution is 0.239. The maximum atomic E-state index is 13.2. The second-order valence-corrected chi connectivity index (χ2v) is 11.2. The molecule has 2 amide bonds. The Labute approximate surface area is 226 Å². The molecule has 1 aliphatic carbocycles. The van der Waals surface area contributed by atoms with E-state index in [1.54, 1.807) is 49.6 Å². The summed E-state index contributed by atoms with van der Waals surface area (Å²) in [4.78, 5) is 17.9. The van der Waals surface area contributed by atoms with Crippen LogP contribution in [0.15, 0.2) is 90.1 Å². The summed E-state index contributed by atoms with van der Waals surface area (Å²) < 4.78 is 35.6. The van der Waals surface area contributed by atoms with Crippen LogP contribution in [0.25, 0.3) is 5.69 Å². The smallest absolute Gasteiger partial charge is 0.329 e. The molecule has 1 fully saturated rings. The number of urea groups is 1. The number of carbonyl (C=O) groups excluding carboxylic acids is 1. The van der Waals surface area contributed by atoms with Crippen LogP contribution in [0.2, 0.25) is 5.02 Å². The number of sulfonamides is 1. The molecular formula is C28H27ClN4O4S. The molecule has 196 valence electrons. The fraction of sp³-hybridized carbons (Fsp3) is 0.214. The zero-order valence-corrected chi connectivity index (χ0v) is 22.5. The molecule has 2 N–H and O–H groups in total. The largest absolute Gasteiger partial charge is 0.492 e. The summed E-state index contributed by atoms with van der Waals surface area (Å²) in [6.45, 7) is 4.05. The van der Waals surface area contributed by atoms with E-state index >= 15 is 0 Å². The van der Waals surface area contributed by atoms with Crippen LogP contribution >= 0.6 is 11.6 Å². The van der Waals surface area contributed by atoms with Crippen LogP contribution in [-0.2, 0) is 15.6 Å². The van der Waals surface area contributed by atoms with Crippen molar-refractivity contribution in [3.63, 3.8) is 0 Å². The molecule has 3 aromatic carbocycles. The van der Waals surface area contributed by atoms with E-state index in [0.717, 1.165) is 11.3 Å². The average molecular weight is 551 g/mol. The summed E-state index contributed by atoms with van der Waals surface area (Å²) in [5, 5.41) is 3.40. The van der Waals surface area contributed by atoms with E-state index in [1.165, 1.54) is 6.07 Å². The Morgan fingerprint density at radius 2 is 1.87 bits per heavy atom. The topological polar surface area (TPSA) is 102 Å². The first-order valence-electron chi connectivity index (χ1n) is 12.2. The highest BCUT2D eigenvalue weighted by atomic mass is 35.5. The molecule has 1 heterocycles. The monoisotopic (exact) mass is 550 g/mol. The standard InChI is InChI=1S/C28H27ClN4O4S/c1-3-37-24-14-13-21(17-23(24)29)33-16-15-30-26(33)28(18-22(28)20-10-5-4-6-11-20)31-27(34)32-38(35,36)25-12-8-7-9-19(25)2/h4-17,22H,3,18H2,1-2H3,(H2,31,32,34)/t22-,28?/m1/s1. The number of rotatable bonds is 8. The van der Waals surface area contributed by atoms with Gasteiger partial charge in [0.25, 0.3) is 10.0 Å². The van der Waals surface area contributed by atoms with Gasteiger partial charge in [-0.2, -0.15) is 0 Å². The summed E-state index contributed by atoms with van der Waals surface area (Å²) in [7, 11) is -4.08. The van der Waals surface area contributed by atoms with E-state index in [4.69, 9.17) is 16.3 Å². The average Bonchev–Trinajstić information content (AvgIpc) is 3.38. The van der Waals surface area contributed by atoms with Crippen LogP contribution in [0.4, 0.5) is 4.79 Å². The van der Waals surface area contributed by atoms with Crippen LogP contribution in [0, 0.1) is 6.92 Å². The maximum Gasteiger partial charge on any atom is 0.329 e. The first-order valence-corrected chi connectivity index (χ1v) is 14.0. The Morgan fingerprint density at radius 3 is 2.58 bits per heavy atom. The van der Waals surface area contributed by atoms with Gasteiger partial charge in [-0.05, 0) is 55.7 Å². The lowest BCUT2D eigenvalue weighted by Gasteiger charge is -2.22. The van der Waals surface area contributed by atoms with Crippen molar-refractivity contribution in [2.24, 2.45) is 0 Å². The molecule has 0 aliphatic heterocycles. The fourth-order valence-electron chi connectivity index (χ4n) is 4.81. The van der Waals surface area contributed by atoms with Crippen molar-refractivity contribution < 1.29 is 17.9 Å². The SMILES string of the molecule is CCOc1ccc(-n2ccnc2C2(NC(=O)NS(=O)(=O)c3ccccc3C)C[C@@H]2c2ccccc2)cc1Cl. The zero-order valence-electron chi connectivity index (χ0n) is 20.9. The quantitative estimate of drug-likeness (QED) is 0.310. The Kier molecular flexibility index (Phi) is 6.90. The van der Waals surface area contributed by atoms with E-state index in [2.05, 4.69) is 15.0 Å². The molecule has 0 radical (unpaired) electrons. The van der Waals surface area contributed by atoms with E-state index in [-0.39, 0.29) is 10.8 Å². The molecule has 0 spiro atoms. The third kappa shape index (κ3) is 4.87. The van der Waals surface area contributed by atoms with E-state index < -0.39 is 21.6 Å². The normalized spacial score (nSPS) is 18.6. The summed E-state index contributed by atoms with van der Waals surface area (Å²) >= 11 is 6.45. The van der Waals surface area contributed by atoms with Crippen LogP contribution in [0.3, 0.4) is 0 Å². The van der Waals surface area contributed by atoms with Crippen LogP contribution in [0.5, 0.6) is 5.75 Å². The Hall–Kier alpha value is -3.82. The molecular weight excluding hydrogens is 524 g/mol. The number of ether oxygens (including phenoxy) is 1. The number of aromatic nitrogens is 2. The predicted molar refractivity (Wildman–Crippen MR) is 145 cm³/mol. The van der Waals surface area contributed by atoms with Crippen molar-refractivity contribution in [3.05, 3.63) is 107 Å². The fourth-order valence-corrected chi connectivity index (χ4v) is 6.19. The second-order valence-electron chi connectivity index (χ2n) is 9.13. The first-order chi connectivity index (χ1) is 18.2. The lowest BCUT2D eigenvalue weighted by Crippen LogP contribution is -2.46. The number of carbonyl (C=O) groups is 1. The van der Waals surface area contributed by atoms with E-state index in [0.29, 0.717) is 35.2 Å². The van der Waals surface area contributed by atoms with Crippen molar-refractivity contribution in [2.45, 2.75) is 36.6 Å². The Bertz CT molecular complexity index is 1590. The van der Waals surface area contributed by atoms with E-state index in [1.807, 2.05) is 47.9 Å². The van der Waals surface area contributed by atoms with Gasteiger partial charge >= 0.3 is 6.03 Å². The van der Waals surface area contributed by atoms with Gasteiger partial charge < -0.3 is 14.6 Å². The highest BCUT2D eigenvalue weighted by Gasteiger charge is 2.60. The van der Waals surface area contributed by atoms with Crippen molar-refractivity contribution >= 4 is 27.7 Å². The summed E-state index contributed by atoms with van der Waals surface area (Å²) in [6.07, 6.45) is 3.97. The summed E-state index contributed by atoms with van der Waals surface area (Å²) in [5.74, 6) is 1.02. The molecule has 5 rings (SSSR count). The second kappa shape index (κ2) is 10.2. The first kappa shape index (κ1) is 25.8. The van der Waals surface area contributed by atoms with Gasteiger partial charge in [-0.25, -0.2) is 22.9 Å². The van der Waals surface area contributed by atoms with Crippen molar-refractivity contribution in [1.29, 1.82) is 0 Å². The Balaban J connectivity index is 1.50. The van der Waals surface area contributed by atoms with Gasteiger partial charge in [0.05, 0.1) is 16.5 Å². The highest BCUT2D eigenvalue weighted by Crippen LogP contribution is 2.58. The van der Waals surface area contributed by atoms with Gasteiger partial charge in [0.2, 0.25) is 0 Å². The molecule has 38 heavy (non-hydrogen) atoms. The van der Waals surface area contributed by atoms with Crippen LogP contribution in [0.1, 0.15) is 36.2 Å². The third-order valence-electron chi connectivity index (χ3n) is 6.64. The van der Waals surface area contributed by atoms with E-state index in [9.17, 15) is 13.2 Å². The maximum absolute atomic E-state index is 13.2. The molecule has 8 nitrogen and oxygen atoms in total. The van der Waals surface area contributed by atoms with Crippen molar-refractivity contribution in [1.82, 2.24) is 19.6 Å². The van der Waals surface area contributed by atoms with Gasteiger partial charge in [-0.1, -0.05) is 60.1 Å². The highest BCUT2D eigenvalue weighted by molar-refractivity contribution is 7.90. The predicted octanol–water partition coefficient (Wildman–Crippen LogP) is 5.30. The minimum atomic E-state index is -4.08. The lowest BCUT2D eigenvalue weighted by atomic mass is 10.1. The molecule has 1 unspecified atom stereocenters. The molecule has 1 aliphatic rings. The van der Waals surface area contributed by atoms with Crippen LogP contribution < -0.4 is 14.8 Å². The number of nitrogens with zero attached hydrogens (tertiary/aromatic N) is 2. The minimum absolute atomic E-state index is 0.0464. The minimum Gasteiger partial charge on any atom is -0.492 e. The van der Waals surface area contributed by atoms with Gasteiger partial charge in [0, 0.05) is 24.0 Å². The van der Waals surface area contributed by atoms with Gasteiger partial charge in [-0.15, -0.1) is 0 Å². The molecule has 2 atom stereocenters. The molecule has 0 saturated heterocycles. The molecule has 0 bridgehead atoms. The number of hydrogen-bond acceptors (Lipinski definition) is 5. The summed E-state index contributed by atoms with van der Waals surface area (Å²) in [5.41, 5.74) is 1.34. The van der Waals surface area contributed by atoms with Crippen LogP contribution in [-0.4, -0.2) is 30.6 Å². The Morgan fingerprint density at radius 1 is 1.13 bits per heavy atom. The van der Waals surface area contributed by atoms with Gasteiger partial charge in [-0.3, -0.25) is 0 Å². The van der Waals surface area contributed by atoms with Gasteiger partial charge in [0.1, 0.15) is 17.1 Å². The summed E-state index contributed by atoms with van der Waals surface area (Å²) in [6, 6.07) is 20.8. The molecule has 4 aromatic rings. The number of benzene rings is 3. The number of nitrogens with one attached hydrogen (secondary N) is 2. The number of amides is 2. The molecule has 1 saturated carbocycles. The molecule has 10 heteroatoms. The number of aryl methyl sites for hydroxylation is 1. The van der Waals surface area contributed by atoms with Gasteiger partial charge in [0.15, 0.2) is 0 Å². The third-order valence-corrected chi connectivity index (χ3v) is 8.43.